The molecule has 0 amide bonds. The minimum atomic E-state index is 0.450. The van der Waals surface area contributed by atoms with Gasteiger partial charge in [-0.3, -0.25) is 0 Å². The van der Waals surface area contributed by atoms with Crippen LogP contribution in [0.3, 0.4) is 0 Å². The van der Waals surface area contributed by atoms with Crippen LogP contribution in [0.4, 0.5) is 0 Å². The highest BCUT2D eigenvalue weighted by Crippen LogP contribution is 2.46. The summed E-state index contributed by atoms with van der Waals surface area (Å²) in [5.41, 5.74) is 6.82. The summed E-state index contributed by atoms with van der Waals surface area (Å²) in [6.07, 6.45) is 1.89. The number of aromatic nitrogens is 2. The molecule has 3 aromatic carbocycles. The minimum Gasteiger partial charge on any atom is -0.241 e. The monoisotopic (exact) mass is 382 g/mol. The van der Waals surface area contributed by atoms with Gasteiger partial charge in [0, 0.05) is 27.6 Å². The van der Waals surface area contributed by atoms with Crippen molar-refractivity contribution < 1.29 is 0 Å². The first kappa shape index (κ1) is 16.3. The van der Waals surface area contributed by atoms with E-state index in [9.17, 15) is 5.26 Å². The maximum Gasteiger partial charge on any atom is 0.206 e. The third kappa shape index (κ3) is 1.99. The third-order valence-corrected chi connectivity index (χ3v) is 5.51. The van der Waals surface area contributed by atoms with Gasteiger partial charge in [-0.2, -0.15) is 16.8 Å². The summed E-state index contributed by atoms with van der Waals surface area (Å²) in [5, 5.41) is 15.6. The van der Waals surface area contributed by atoms with E-state index in [2.05, 4.69) is 27.2 Å². The average molecular weight is 382 g/mol. The van der Waals surface area contributed by atoms with Gasteiger partial charge in [0.15, 0.2) is 5.71 Å². The Hall–Kier alpha value is -4.68. The zero-order chi connectivity index (χ0) is 20.2. The van der Waals surface area contributed by atoms with Gasteiger partial charge in [-0.25, -0.2) is 9.97 Å². The SMILES string of the molecule is [C-]#[N+]/N=C1/c2ccccc2C(=NC#N)c2nc3c(nc21)-c1cccc2cccc-3c12. The van der Waals surface area contributed by atoms with E-state index in [4.69, 9.17) is 16.5 Å². The third-order valence-electron chi connectivity index (χ3n) is 5.51. The fourth-order valence-electron chi connectivity index (χ4n) is 4.34. The Bertz CT molecular complexity index is 1450. The standard InChI is InChI=1S/C24H10N6/c1-26-30-22-15-9-3-2-8-14(15)19(27-12-25)23-24(22)29-21-17-11-5-7-13-6-4-10-16(18(13)17)20(21)28-23/h2-11H/b27-19?,30-22-. The Balaban J connectivity index is 1.75. The zero-order valence-electron chi connectivity index (χ0n) is 15.5. The van der Waals surface area contributed by atoms with Crippen LogP contribution in [0.25, 0.3) is 38.2 Å². The smallest absolute Gasteiger partial charge is 0.206 e. The highest BCUT2D eigenvalue weighted by Gasteiger charge is 2.35. The van der Waals surface area contributed by atoms with Crippen molar-refractivity contribution in [2.45, 2.75) is 0 Å². The molecule has 2 aliphatic carbocycles. The van der Waals surface area contributed by atoms with E-state index in [-0.39, 0.29) is 0 Å². The van der Waals surface area contributed by atoms with Gasteiger partial charge in [-0.15, -0.1) is 4.95 Å². The predicted molar refractivity (Wildman–Crippen MR) is 114 cm³/mol. The van der Waals surface area contributed by atoms with Gasteiger partial charge in [-0.1, -0.05) is 60.7 Å². The van der Waals surface area contributed by atoms with Gasteiger partial charge < -0.3 is 0 Å². The van der Waals surface area contributed by atoms with E-state index in [1.54, 1.807) is 0 Å². The fraction of sp³-hybridized carbons (Fsp3) is 0. The molecule has 6 nitrogen and oxygen atoms in total. The number of fused-ring (bicyclic) bond motifs is 5. The Kier molecular flexibility index (Phi) is 3.21. The molecule has 0 bridgehead atoms. The molecule has 1 aromatic heterocycles. The van der Waals surface area contributed by atoms with E-state index in [0.29, 0.717) is 22.8 Å². The van der Waals surface area contributed by atoms with E-state index >= 15 is 0 Å². The van der Waals surface area contributed by atoms with Crippen LogP contribution in [0.2, 0.25) is 0 Å². The number of aliphatic imine (C=N–C) groups is 1. The molecule has 0 radical (unpaired) electrons. The van der Waals surface area contributed by atoms with Crippen molar-refractivity contribution in [3.8, 4) is 28.7 Å². The van der Waals surface area contributed by atoms with Crippen molar-refractivity contribution in [3.05, 3.63) is 94.7 Å². The van der Waals surface area contributed by atoms with Crippen molar-refractivity contribution >= 4 is 22.2 Å². The number of nitriles is 1. The van der Waals surface area contributed by atoms with Crippen molar-refractivity contribution in [2.75, 3.05) is 0 Å². The maximum atomic E-state index is 9.33. The van der Waals surface area contributed by atoms with E-state index in [0.717, 1.165) is 44.4 Å². The fourth-order valence-corrected chi connectivity index (χ4v) is 4.34. The summed E-state index contributed by atoms with van der Waals surface area (Å²) in [7, 11) is 0. The maximum absolute atomic E-state index is 9.33. The quantitative estimate of drug-likeness (QED) is 0.219. The first-order valence-electron chi connectivity index (χ1n) is 9.28. The number of hydrogen-bond donors (Lipinski definition) is 0. The molecule has 0 unspecified atom stereocenters. The Morgan fingerprint density at radius 1 is 0.733 bits per heavy atom. The lowest BCUT2D eigenvalue weighted by Gasteiger charge is -2.20. The molecule has 6 rings (SSSR count). The lowest BCUT2D eigenvalue weighted by Crippen LogP contribution is -2.25. The molecule has 30 heavy (non-hydrogen) atoms. The zero-order valence-corrected chi connectivity index (χ0v) is 15.5. The van der Waals surface area contributed by atoms with E-state index < -0.39 is 0 Å². The summed E-state index contributed by atoms with van der Waals surface area (Å²) in [5.74, 6) is 0. The summed E-state index contributed by atoms with van der Waals surface area (Å²) >= 11 is 0. The number of benzene rings is 3. The van der Waals surface area contributed by atoms with Gasteiger partial charge in [0.25, 0.3) is 0 Å². The average Bonchev–Trinajstić information content (AvgIpc) is 3.10. The van der Waals surface area contributed by atoms with Crippen LogP contribution in [0.1, 0.15) is 22.5 Å². The highest BCUT2D eigenvalue weighted by molar-refractivity contribution is 6.31. The molecule has 0 fully saturated rings. The van der Waals surface area contributed by atoms with Crippen molar-refractivity contribution in [1.82, 2.24) is 9.97 Å². The Morgan fingerprint density at radius 3 is 1.90 bits per heavy atom. The molecular formula is C24H10N6. The van der Waals surface area contributed by atoms with E-state index in [1.807, 2.05) is 54.7 Å². The van der Waals surface area contributed by atoms with Gasteiger partial charge in [0.2, 0.25) is 6.19 Å². The number of rotatable bonds is 0. The van der Waals surface area contributed by atoms with Crippen LogP contribution in [0.5, 0.6) is 0 Å². The van der Waals surface area contributed by atoms with Gasteiger partial charge in [0.05, 0.1) is 16.5 Å². The first-order chi connectivity index (χ1) is 14.8. The molecule has 0 N–H and O–H groups in total. The molecule has 0 spiro atoms. The van der Waals surface area contributed by atoms with Crippen molar-refractivity contribution in [2.24, 2.45) is 10.1 Å². The number of nitrogens with zero attached hydrogens (tertiary/aromatic N) is 6. The first-order valence-corrected chi connectivity index (χ1v) is 9.28. The summed E-state index contributed by atoms with van der Waals surface area (Å²) < 4.78 is 0. The normalized spacial score (nSPS) is 15.4. The topological polar surface area (TPSA) is 78.6 Å². The molecule has 2 aliphatic rings. The van der Waals surface area contributed by atoms with Gasteiger partial charge in [-0.05, 0) is 5.39 Å². The minimum absolute atomic E-state index is 0.450. The second-order valence-electron chi connectivity index (χ2n) is 6.98. The second kappa shape index (κ2) is 5.91. The van der Waals surface area contributed by atoms with Crippen LogP contribution in [0.15, 0.2) is 70.8 Å². The predicted octanol–water partition coefficient (Wildman–Crippen LogP) is 4.58. The van der Waals surface area contributed by atoms with Crippen LogP contribution < -0.4 is 0 Å². The van der Waals surface area contributed by atoms with Crippen LogP contribution >= 0.6 is 0 Å². The lowest BCUT2D eigenvalue weighted by molar-refractivity contribution is 1.16. The van der Waals surface area contributed by atoms with Crippen LogP contribution in [-0.4, -0.2) is 21.4 Å². The lowest BCUT2D eigenvalue weighted by atomic mass is 9.88. The second-order valence-corrected chi connectivity index (χ2v) is 6.98. The molecule has 0 saturated carbocycles. The molecule has 1 heterocycles. The van der Waals surface area contributed by atoms with Gasteiger partial charge >= 0.3 is 0 Å². The van der Waals surface area contributed by atoms with Crippen molar-refractivity contribution in [3.63, 3.8) is 0 Å². The summed E-state index contributed by atoms with van der Waals surface area (Å²) in [6.45, 7) is 7.31. The van der Waals surface area contributed by atoms with Crippen molar-refractivity contribution in [1.29, 1.82) is 5.26 Å². The van der Waals surface area contributed by atoms with Crippen LogP contribution in [0, 0.1) is 18.0 Å². The molecular weight excluding hydrogens is 372 g/mol. The molecule has 0 atom stereocenters. The molecule has 136 valence electrons. The largest absolute Gasteiger partial charge is 0.241 e. The molecule has 4 aromatic rings. The number of hydrogen-bond acceptors (Lipinski definition) is 5. The van der Waals surface area contributed by atoms with E-state index in [1.165, 1.54) is 0 Å². The summed E-state index contributed by atoms with van der Waals surface area (Å²) in [4.78, 5) is 17.2. The molecule has 0 aliphatic heterocycles. The molecule has 0 saturated heterocycles. The van der Waals surface area contributed by atoms with Crippen LogP contribution in [-0.2, 0) is 0 Å². The Morgan fingerprint density at radius 2 is 1.30 bits per heavy atom. The highest BCUT2D eigenvalue weighted by atomic mass is 15.2. The molecule has 6 heteroatoms. The summed E-state index contributed by atoms with van der Waals surface area (Å²) in [6, 6.07) is 19.7. The Labute approximate surface area is 171 Å². The van der Waals surface area contributed by atoms with Gasteiger partial charge in [0.1, 0.15) is 17.1 Å².